The van der Waals surface area contributed by atoms with E-state index < -0.39 is 38.6 Å². The van der Waals surface area contributed by atoms with Crippen molar-refractivity contribution in [3.8, 4) is 0 Å². The van der Waals surface area contributed by atoms with Crippen LogP contribution in [0.15, 0.2) is 72.9 Å². The van der Waals surface area contributed by atoms with Gasteiger partial charge in [-0.05, 0) is 44.9 Å². The molecule has 0 saturated carbocycles. The summed E-state index contributed by atoms with van der Waals surface area (Å²) in [5, 5.41) is 9.81. The zero-order valence-corrected chi connectivity index (χ0v) is 34.6. The molecule has 0 rings (SSSR count). The van der Waals surface area contributed by atoms with E-state index in [4.69, 9.17) is 19.3 Å². The van der Waals surface area contributed by atoms with E-state index in [-0.39, 0.29) is 19.4 Å². The average molecular weight is 779 g/mol. The molecule has 310 valence electrons. The lowest BCUT2D eigenvalue weighted by atomic mass is 10.0. The molecule has 0 aliphatic carbocycles. The molecule has 0 radical (unpaired) electrons. The normalized spacial score (nSPS) is 13.8. The number of carbonyl (C=O) groups excluding carboxylic acids is 2. The number of hydrogen-bond acceptors (Lipinski definition) is 7. The predicted octanol–water partition coefficient (Wildman–Crippen LogP) is 11.7. The van der Waals surface area contributed by atoms with Crippen LogP contribution in [0.5, 0.6) is 0 Å². The number of aliphatic hydroxyl groups is 1. The van der Waals surface area contributed by atoms with Gasteiger partial charge in [-0.2, -0.15) is 0 Å². The Labute approximate surface area is 328 Å². The van der Waals surface area contributed by atoms with E-state index in [2.05, 4.69) is 36.6 Å². The van der Waals surface area contributed by atoms with Gasteiger partial charge in [-0.1, -0.05) is 183 Å². The number of rotatable bonds is 37. The van der Waals surface area contributed by atoms with Crippen LogP contribution >= 0.6 is 7.82 Å². The topological polar surface area (TPSA) is 140 Å². The molecule has 0 fully saturated rings. The number of ether oxygens (including phenoxy) is 2. The highest BCUT2D eigenvalue weighted by molar-refractivity contribution is 7.46. The number of allylic oxidation sites excluding steroid dienone is 10. The quantitative estimate of drug-likeness (QED) is 0.0185. The maximum Gasteiger partial charge on any atom is 0.469 e. The van der Waals surface area contributed by atoms with Crippen LogP contribution in [-0.4, -0.2) is 52.3 Å². The van der Waals surface area contributed by atoms with Gasteiger partial charge in [0.25, 0.3) is 0 Å². The lowest BCUT2D eigenvalue weighted by molar-refractivity contribution is -0.161. The van der Waals surface area contributed by atoms with Gasteiger partial charge in [0, 0.05) is 12.8 Å². The van der Waals surface area contributed by atoms with E-state index in [1.165, 1.54) is 77.0 Å². The predicted molar refractivity (Wildman–Crippen MR) is 222 cm³/mol. The van der Waals surface area contributed by atoms with Crippen molar-refractivity contribution in [3.05, 3.63) is 72.9 Å². The molecule has 0 aliphatic rings. The zero-order chi connectivity index (χ0) is 39.8. The van der Waals surface area contributed by atoms with Gasteiger partial charge >= 0.3 is 19.8 Å². The summed E-state index contributed by atoms with van der Waals surface area (Å²) in [7, 11) is -4.78. The second-order valence-electron chi connectivity index (χ2n) is 13.8. The minimum atomic E-state index is -4.78. The molecule has 0 aromatic heterocycles. The Balaban J connectivity index is 4.09. The Morgan fingerprint density at radius 3 is 1.65 bits per heavy atom. The number of hydrogen-bond donors (Lipinski definition) is 3. The summed E-state index contributed by atoms with van der Waals surface area (Å²) < 4.78 is 26.3. The summed E-state index contributed by atoms with van der Waals surface area (Å²) in [6, 6.07) is 0. The Hall–Kier alpha value is -2.55. The van der Waals surface area contributed by atoms with Crippen molar-refractivity contribution in [1.29, 1.82) is 0 Å². The summed E-state index contributed by atoms with van der Waals surface area (Å²) in [6.07, 6.45) is 46.8. The number of aliphatic hydroxyl groups excluding tert-OH is 1. The van der Waals surface area contributed by atoms with E-state index in [1.54, 1.807) is 6.08 Å². The largest absolute Gasteiger partial charge is 0.469 e. The van der Waals surface area contributed by atoms with Gasteiger partial charge in [0.2, 0.25) is 0 Å². The monoisotopic (exact) mass is 779 g/mol. The van der Waals surface area contributed by atoms with Gasteiger partial charge in [-0.25, -0.2) is 4.57 Å². The fourth-order valence-corrected chi connectivity index (χ4v) is 5.84. The number of esters is 2. The van der Waals surface area contributed by atoms with Crippen LogP contribution in [0.25, 0.3) is 0 Å². The maximum absolute atomic E-state index is 12.4. The van der Waals surface area contributed by atoms with E-state index in [0.29, 0.717) is 19.3 Å². The second kappa shape index (κ2) is 38.7. The third-order valence-electron chi connectivity index (χ3n) is 8.58. The van der Waals surface area contributed by atoms with Crippen molar-refractivity contribution in [3.63, 3.8) is 0 Å². The fraction of sp³-hybridized carbons (Fsp3) is 0.682. The summed E-state index contributed by atoms with van der Waals surface area (Å²) in [4.78, 5) is 42.8. The van der Waals surface area contributed by atoms with Crippen molar-refractivity contribution in [2.45, 2.75) is 180 Å². The van der Waals surface area contributed by atoms with Crippen LogP contribution in [0, 0.1) is 0 Å². The molecule has 10 heteroatoms. The van der Waals surface area contributed by atoms with E-state index in [0.717, 1.165) is 44.9 Å². The lowest BCUT2D eigenvalue weighted by Gasteiger charge is -2.18. The average Bonchev–Trinajstić information content (AvgIpc) is 3.13. The number of unbranched alkanes of at least 4 members (excludes halogenated alkanes) is 15. The first-order valence-electron chi connectivity index (χ1n) is 20.8. The number of phosphoric acid groups is 1. The van der Waals surface area contributed by atoms with Gasteiger partial charge in [-0.3, -0.25) is 14.1 Å². The minimum Gasteiger partial charge on any atom is -0.462 e. The molecule has 54 heavy (non-hydrogen) atoms. The van der Waals surface area contributed by atoms with Gasteiger partial charge < -0.3 is 24.4 Å². The summed E-state index contributed by atoms with van der Waals surface area (Å²) >= 11 is 0. The van der Waals surface area contributed by atoms with Gasteiger partial charge in [0.1, 0.15) is 6.61 Å². The molecule has 0 heterocycles. The first-order valence-corrected chi connectivity index (χ1v) is 22.4. The van der Waals surface area contributed by atoms with Crippen molar-refractivity contribution >= 4 is 19.8 Å². The van der Waals surface area contributed by atoms with Crippen LogP contribution < -0.4 is 0 Å². The molecule has 0 spiro atoms. The van der Waals surface area contributed by atoms with E-state index >= 15 is 0 Å². The summed E-state index contributed by atoms with van der Waals surface area (Å²) in [5.41, 5.74) is 0. The van der Waals surface area contributed by atoms with Crippen LogP contribution in [0.4, 0.5) is 0 Å². The van der Waals surface area contributed by atoms with E-state index in [1.807, 2.05) is 48.6 Å². The zero-order valence-electron chi connectivity index (χ0n) is 33.7. The third-order valence-corrected chi connectivity index (χ3v) is 9.07. The molecule has 9 nitrogen and oxygen atoms in total. The van der Waals surface area contributed by atoms with Crippen LogP contribution in [0.1, 0.15) is 168 Å². The Morgan fingerprint density at radius 2 is 1.11 bits per heavy atom. The van der Waals surface area contributed by atoms with Crippen molar-refractivity contribution in [2.75, 3.05) is 13.2 Å². The van der Waals surface area contributed by atoms with Crippen molar-refractivity contribution < 1.29 is 43.0 Å². The molecule has 2 atom stereocenters. The first-order chi connectivity index (χ1) is 26.2. The molecule has 0 aromatic rings. The van der Waals surface area contributed by atoms with Crippen molar-refractivity contribution in [1.82, 2.24) is 0 Å². The van der Waals surface area contributed by atoms with E-state index in [9.17, 15) is 19.3 Å². The third kappa shape index (κ3) is 40.6. The molecule has 0 aromatic carbocycles. The summed E-state index contributed by atoms with van der Waals surface area (Å²) in [5.74, 6) is -1.00. The number of carbonyl (C=O) groups is 2. The molecular formula is C44H75O9P. The highest BCUT2D eigenvalue weighted by Crippen LogP contribution is 2.36. The van der Waals surface area contributed by atoms with Gasteiger partial charge in [0.05, 0.1) is 12.7 Å². The lowest BCUT2D eigenvalue weighted by Crippen LogP contribution is -2.29. The Kier molecular flexibility index (Phi) is 36.9. The van der Waals surface area contributed by atoms with Gasteiger partial charge in [0.15, 0.2) is 6.10 Å². The highest BCUT2D eigenvalue weighted by atomic mass is 31.2. The molecule has 0 aliphatic heterocycles. The standard InChI is InChI=1S/C44H75O9P/c1-3-5-7-8-9-10-11-12-13-14-17-21-24-27-30-34-38-44(47)53-42(40-52-54(48,49)50)39-51-43(46)37-33-29-26-23-20-18-15-16-19-22-25-28-32-36-41(45)35-31-6-4-2/h6,16,18-20,25-26,28-29,31-32,36,41-42,45H,3-5,7-15,17,21-24,27,30,33-35,37-40H2,1-2H3,(H2,48,49,50)/b19-16-,20-18-,28-25+,29-26-,31-6-,36-32+/t41?,42-/m1/s1. The van der Waals surface area contributed by atoms with Crippen molar-refractivity contribution in [2.24, 2.45) is 0 Å². The molecule has 0 amide bonds. The molecular weight excluding hydrogens is 703 g/mol. The van der Waals surface area contributed by atoms with Crippen LogP contribution in [0.3, 0.4) is 0 Å². The first kappa shape index (κ1) is 51.5. The Bertz CT molecular complexity index is 1120. The second-order valence-corrected chi connectivity index (χ2v) is 15.0. The van der Waals surface area contributed by atoms with Gasteiger partial charge in [-0.15, -0.1) is 0 Å². The Morgan fingerprint density at radius 1 is 0.593 bits per heavy atom. The van der Waals surface area contributed by atoms with Crippen LogP contribution in [0.2, 0.25) is 0 Å². The SMILES string of the molecule is CC/C=C\CC(O)/C=C/C=C/C/C=C\C/C=C\C/C=C\CCC(=O)OC[C@H](COP(=O)(O)O)OC(=O)CCCCCCCCCCCCCCCCCC. The van der Waals surface area contributed by atoms with Crippen LogP contribution in [-0.2, 0) is 28.2 Å². The molecule has 3 N–H and O–H groups in total. The highest BCUT2D eigenvalue weighted by Gasteiger charge is 2.22. The molecule has 1 unspecified atom stereocenters. The smallest absolute Gasteiger partial charge is 0.462 e. The summed E-state index contributed by atoms with van der Waals surface area (Å²) in [6.45, 7) is 3.41. The molecule has 0 saturated heterocycles. The fourth-order valence-electron chi connectivity index (χ4n) is 5.48. The minimum absolute atomic E-state index is 0.125. The maximum atomic E-state index is 12.4. The number of phosphoric ester groups is 1. The molecule has 0 bridgehead atoms.